The standard InChI is InChI=1S/C14H16N2O3S/c1-9-13(17)15(8-10-2-3-10)14(20-9)11-4-6-12(7-5-11)16(18)19/h4-7,9-10,14H,2-3,8H2,1H3/t9-,14+/m1/s1. The maximum Gasteiger partial charge on any atom is 0.269 e. The van der Waals surface area contributed by atoms with Crippen LogP contribution in [0.25, 0.3) is 0 Å². The van der Waals surface area contributed by atoms with Gasteiger partial charge in [-0.15, -0.1) is 11.8 Å². The lowest BCUT2D eigenvalue weighted by Gasteiger charge is -2.24. The molecule has 0 aromatic heterocycles. The van der Waals surface area contributed by atoms with E-state index in [1.807, 2.05) is 11.8 Å². The summed E-state index contributed by atoms with van der Waals surface area (Å²) in [5, 5.41) is 10.7. The number of benzene rings is 1. The number of rotatable bonds is 4. The van der Waals surface area contributed by atoms with Gasteiger partial charge in [0.05, 0.1) is 10.2 Å². The second kappa shape index (κ2) is 5.09. The van der Waals surface area contributed by atoms with Gasteiger partial charge in [0.25, 0.3) is 5.69 Å². The van der Waals surface area contributed by atoms with Crippen molar-refractivity contribution in [1.82, 2.24) is 4.90 Å². The molecule has 20 heavy (non-hydrogen) atoms. The van der Waals surface area contributed by atoms with Crippen LogP contribution in [-0.2, 0) is 4.79 Å². The maximum absolute atomic E-state index is 12.2. The van der Waals surface area contributed by atoms with Crippen molar-refractivity contribution in [2.75, 3.05) is 6.54 Å². The zero-order chi connectivity index (χ0) is 14.3. The van der Waals surface area contributed by atoms with Crippen LogP contribution in [0.2, 0.25) is 0 Å². The number of amides is 1. The molecule has 0 bridgehead atoms. The van der Waals surface area contributed by atoms with Gasteiger partial charge in [-0.25, -0.2) is 0 Å². The third-order valence-electron chi connectivity index (χ3n) is 3.79. The van der Waals surface area contributed by atoms with E-state index in [1.165, 1.54) is 25.0 Å². The summed E-state index contributed by atoms with van der Waals surface area (Å²) in [6.45, 7) is 2.75. The molecule has 1 saturated carbocycles. The Balaban J connectivity index is 1.82. The molecule has 5 nitrogen and oxygen atoms in total. The number of nitro groups is 1. The van der Waals surface area contributed by atoms with Crippen LogP contribution in [0.3, 0.4) is 0 Å². The van der Waals surface area contributed by atoms with Crippen molar-refractivity contribution < 1.29 is 9.72 Å². The Morgan fingerprint density at radius 3 is 2.55 bits per heavy atom. The molecule has 0 N–H and O–H groups in total. The van der Waals surface area contributed by atoms with E-state index in [-0.39, 0.29) is 22.2 Å². The first-order chi connectivity index (χ1) is 9.56. The third-order valence-corrected chi connectivity index (χ3v) is 5.18. The monoisotopic (exact) mass is 292 g/mol. The molecule has 3 rings (SSSR count). The Kier molecular flexibility index (Phi) is 3.41. The van der Waals surface area contributed by atoms with E-state index in [4.69, 9.17) is 0 Å². The van der Waals surface area contributed by atoms with Crippen molar-refractivity contribution in [3.8, 4) is 0 Å². The van der Waals surface area contributed by atoms with E-state index in [2.05, 4.69) is 0 Å². The first-order valence-electron chi connectivity index (χ1n) is 6.76. The Hall–Kier alpha value is -1.56. The molecule has 1 amide bonds. The maximum atomic E-state index is 12.2. The number of hydrogen-bond acceptors (Lipinski definition) is 4. The second-order valence-electron chi connectivity index (χ2n) is 5.41. The predicted molar refractivity (Wildman–Crippen MR) is 77.3 cm³/mol. The molecular formula is C14H16N2O3S. The minimum absolute atomic E-state index is 0.00101. The first-order valence-corrected chi connectivity index (χ1v) is 7.71. The molecule has 1 heterocycles. The van der Waals surface area contributed by atoms with Gasteiger partial charge in [0.15, 0.2) is 0 Å². The minimum atomic E-state index is -0.401. The van der Waals surface area contributed by atoms with E-state index in [0.29, 0.717) is 5.92 Å². The molecule has 0 spiro atoms. The highest BCUT2D eigenvalue weighted by Gasteiger charge is 2.41. The fraction of sp³-hybridized carbons (Fsp3) is 0.500. The molecule has 2 aliphatic rings. The molecule has 1 aromatic rings. The van der Waals surface area contributed by atoms with Crippen LogP contribution in [0.4, 0.5) is 5.69 Å². The van der Waals surface area contributed by atoms with E-state index >= 15 is 0 Å². The largest absolute Gasteiger partial charge is 0.325 e. The zero-order valence-electron chi connectivity index (χ0n) is 11.2. The Morgan fingerprint density at radius 2 is 2.00 bits per heavy atom. The topological polar surface area (TPSA) is 63.5 Å². The average Bonchev–Trinajstić information content (AvgIpc) is 3.21. The Labute approximate surface area is 121 Å². The number of nitrogens with zero attached hydrogens (tertiary/aromatic N) is 2. The summed E-state index contributed by atoms with van der Waals surface area (Å²) in [6.07, 6.45) is 2.41. The molecule has 1 aliphatic carbocycles. The van der Waals surface area contributed by atoms with Crippen LogP contribution in [0.1, 0.15) is 30.7 Å². The molecular weight excluding hydrogens is 276 g/mol. The number of carbonyl (C=O) groups excluding carboxylic acids is 1. The normalized spacial score (nSPS) is 26.1. The van der Waals surface area contributed by atoms with Crippen LogP contribution in [0.15, 0.2) is 24.3 Å². The number of thioether (sulfide) groups is 1. The fourth-order valence-corrected chi connectivity index (χ4v) is 3.75. The lowest BCUT2D eigenvalue weighted by molar-refractivity contribution is -0.384. The molecule has 0 radical (unpaired) electrons. The summed E-state index contributed by atoms with van der Waals surface area (Å²) < 4.78 is 0. The first kappa shape index (κ1) is 13.4. The smallest absolute Gasteiger partial charge is 0.269 e. The van der Waals surface area contributed by atoms with Crippen molar-refractivity contribution in [1.29, 1.82) is 0 Å². The fourth-order valence-electron chi connectivity index (χ4n) is 2.46. The van der Waals surface area contributed by atoms with Gasteiger partial charge < -0.3 is 4.90 Å². The van der Waals surface area contributed by atoms with Gasteiger partial charge in [0.2, 0.25) is 5.91 Å². The second-order valence-corrected chi connectivity index (χ2v) is 6.84. The predicted octanol–water partition coefficient (Wildman–Crippen LogP) is 2.97. The van der Waals surface area contributed by atoms with Crippen LogP contribution in [0, 0.1) is 16.0 Å². The van der Waals surface area contributed by atoms with Crippen molar-refractivity contribution >= 4 is 23.4 Å². The van der Waals surface area contributed by atoms with Gasteiger partial charge in [0.1, 0.15) is 5.37 Å². The highest BCUT2D eigenvalue weighted by Crippen LogP contribution is 2.45. The van der Waals surface area contributed by atoms with Crippen LogP contribution >= 0.6 is 11.8 Å². The van der Waals surface area contributed by atoms with Crippen LogP contribution in [-0.4, -0.2) is 27.5 Å². The summed E-state index contributed by atoms with van der Waals surface area (Å²) in [5.41, 5.74) is 1.06. The molecule has 2 atom stereocenters. The van der Waals surface area contributed by atoms with Crippen molar-refractivity contribution in [3.05, 3.63) is 39.9 Å². The summed E-state index contributed by atoms with van der Waals surface area (Å²) in [5.74, 6) is 0.829. The molecule has 0 unspecified atom stereocenters. The summed E-state index contributed by atoms with van der Waals surface area (Å²) in [7, 11) is 0. The third kappa shape index (κ3) is 2.52. The number of nitro benzene ring substituents is 1. The zero-order valence-corrected chi connectivity index (χ0v) is 12.0. The van der Waals surface area contributed by atoms with Gasteiger partial charge in [-0.3, -0.25) is 14.9 Å². The molecule has 106 valence electrons. The lowest BCUT2D eigenvalue weighted by atomic mass is 10.1. The van der Waals surface area contributed by atoms with Gasteiger partial charge >= 0.3 is 0 Å². The van der Waals surface area contributed by atoms with Gasteiger partial charge in [-0.2, -0.15) is 0 Å². The van der Waals surface area contributed by atoms with Crippen LogP contribution < -0.4 is 0 Å². The highest BCUT2D eigenvalue weighted by molar-refractivity contribution is 8.01. The van der Waals surface area contributed by atoms with E-state index in [1.54, 1.807) is 23.9 Å². The minimum Gasteiger partial charge on any atom is -0.325 e. The molecule has 1 aliphatic heterocycles. The van der Waals surface area contributed by atoms with E-state index < -0.39 is 4.92 Å². The van der Waals surface area contributed by atoms with Gasteiger partial charge in [-0.1, -0.05) is 0 Å². The van der Waals surface area contributed by atoms with E-state index in [9.17, 15) is 14.9 Å². The van der Waals surface area contributed by atoms with Gasteiger partial charge in [-0.05, 0) is 43.4 Å². The Morgan fingerprint density at radius 1 is 1.35 bits per heavy atom. The SMILES string of the molecule is C[C@H]1S[C@@H](c2ccc([N+](=O)[O-])cc2)N(CC2CC2)C1=O. The van der Waals surface area contributed by atoms with Crippen molar-refractivity contribution in [2.24, 2.45) is 5.92 Å². The highest BCUT2D eigenvalue weighted by atomic mass is 32.2. The van der Waals surface area contributed by atoms with Crippen molar-refractivity contribution in [2.45, 2.75) is 30.4 Å². The summed E-state index contributed by atoms with van der Waals surface area (Å²) in [4.78, 5) is 24.5. The van der Waals surface area contributed by atoms with Crippen molar-refractivity contribution in [3.63, 3.8) is 0 Å². The lowest BCUT2D eigenvalue weighted by Crippen LogP contribution is -2.32. The van der Waals surface area contributed by atoms with Crippen LogP contribution in [0.5, 0.6) is 0 Å². The van der Waals surface area contributed by atoms with E-state index in [0.717, 1.165) is 12.1 Å². The number of carbonyl (C=O) groups is 1. The molecule has 6 heteroatoms. The molecule has 1 saturated heterocycles. The number of hydrogen-bond donors (Lipinski definition) is 0. The van der Waals surface area contributed by atoms with Gasteiger partial charge in [0, 0.05) is 18.7 Å². The molecule has 2 fully saturated rings. The summed E-state index contributed by atoms with van der Waals surface area (Å²) >= 11 is 1.63. The summed E-state index contributed by atoms with van der Waals surface area (Å²) in [6, 6.07) is 6.55. The quantitative estimate of drug-likeness (QED) is 0.632. The average molecular weight is 292 g/mol. The Bertz CT molecular complexity index is 542. The number of non-ortho nitro benzene ring substituents is 1. The molecule has 1 aromatic carbocycles.